The van der Waals surface area contributed by atoms with Gasteiger partial charge >= 0.3 is 11.9 Å². The highest BCUT2D eigenvalue weighted by Crippen LogP contribution is 2.32. The number of fused-ring (bicyclic) bond motifs is 2. The SMILES string of the molecule is Nc1c(C(=O)O)cc2ccccc2c1Br.Nc1cc2ccccc2cc1C(=O)O. The first-order valence-electron chi connectivity index (χ1n) is 8.51. The van der Waals surface area contributed by atoms with Gasteiger partial charge in [-0.15, -0.1) is 0 Å². The maximum atomic E-state index is 10.9. The summed E-state index contributed by atoms with van der Waals surface area (Å²) in [4.78, 5) is 21.7. The third-order valence-corrected chi connectivity index (χ3v) is 5.26. The van der Waals surface area contributed by atoms with Crippen molar-refractivity contribution < 1.29 is 19.8 Å². The van der Waals surface area contributed by atoms with Gasteiger partial charge in [0.15, 0.2) is 0 Å². The Bertz CT molecular complexity index is 1250. The van der Waals surface area contributed by atoms with Gasteiger partial charge in [-0.05, 0) is 55.7 Å². The van der Waals surface area contributed by atoms with E-state index in [0.717, 1.165) is 21.5 Å². The molecule has 0 aliphatic carbocycles. The predicted molar refractivity (Wildman–Crippen MR) is 118 cm³/mol. The second kappa shape index (κ2) is 8.20. The van der Waals surface area contributed by atoms with Crippen LogP contribution in [0.4, 0.5) is 11.4 Å². The Morgan fingerprint density at radius 3 is 1.79 bits per heavy atom. The molecule has 0 bridgehead atoms. The number of hydrogen-bond acceptors (Lipinski definition) is 4. The number of carboxylic acids is 2. The maximum Gasteiger partial charge on any atom is 0.337 e. The number of hydrogen-bond donors (Lipinski definition) is 4. The number of halogens is 1. The highest BCUT2D eigenvalue weighted by molar-refractivity contribution is 9.10. The van der Waals surface area contributed by atoms with Crippen molar-refractivity contribution in [2.45, 2.75) is 0 Å². The van der Waals surface area contributed by atoms with E-state index in [9.17, 15) is 9.59 Å². The van der Waals surface area contributed by atoms with Crippen LogP contribution in [0.15, 0.2) is 71.2 Å². The van der Waals surface area contributed by atoms with Crippen molar-refractivity contribution in [1.82, 2.24) is 0 Å². The van der Waals surface area contributed by atoms with Gasteiger partial charge < -0.3 is 21.7 Å². The van der Waals surface area contributed by atoms with Crippen LogP contribution in [0.5, 0.6) is 0 Å². The van der Waals surface area contributed by atoms with E-state index in [4.69, 9.17) is 21.7 Å². The minimum absolute atomic E-state index is 0.126. The monoisotopic (exact) mass is 452 g/mol. The Labute approximate surface area is 174 Å². The quantitative estimate of drug-likeness (QED) is 0.316. The van der Waals surface area contributed by atoms with Gasteiger partial charge in [0, 0.05) is 10.2 Å². The molecule has 6 N–H and O–H groups in total. The second-order valence-electron chi connectivity index (χ2n) is 6.27. The minimum atomic E-state index is -1.01. The van der Waals surface area contributed by atoms with Crippen LogP contribution in [0, 0.1) is 0 Å². The van der Waals surface area contributed by atoms with Crippen LogP contribution in [-0.4, -0.2) is 22.2 Å². The van der Waals surface area contributed by atoms with E-state index in [1.165, 1.54) is 0 Å². The third-order valence-electron chi connectivity index (χ3n) is 4.40. The smallest absolute Gasteiger partial charge is 0.337 e. The first kappa shape index (κ1) is 20.2. The fraction of sp³-hybridized carbons (Fsp3) is 0. The molecular formula is C22H17BrN2O4. The average Bonchev–Trinajstić information content (AvgIpc) is 2.70. The maximum absolute atomic E-state index is 10.9. The van der Waals surface area contributed by atoms with Gasteiger partial charge in [0.2, 0.25) is 0 Å². The molecule has 0 amide bonds. The lowest BCUT2D eigenvalue weighted by molar-refractivity contribution is 0.0687. The Balaban J connectivity index is 0.000000166. The number of anilines is 2. The van der Waals surface area contributed by atoms with Crippen LogP contribution in [0.25, 0.3) is 21.5 Å². The van der Waals surface area contributed by atoms with Crippen LogP contribution in [0.3, 0.4) is 0 Å². The van der Waals surface area contributed by atoms with E-state index < -0.39 is 11.9 Å². The third kappa shape index (κ3) is 4.14. The molecule has 0 fully saturated rings. The van der Waals surface area contributed by atoms with Gasteiger partial charge in [-0.1, -0.05) is 48.5 Å². The molecule has 0 atom stereocenters. The van der Waals surface area contributed by atoms with Crippen molar-refractivity contribution in [3.63, 3.8) is 0 Å². The number of carbonyl (C=O) groups is 2. The highest BCUT2D eigenvalue weighted by Gasteiger charge is 2.13. The zero-order chi connectivity index (χ0) is 21.1. The Morgan fingerprint density at radius 2 is 1.21 bits per heavy atom. The number of carboxylic acid groups (broad SMARTS) is 2. The zero-order valence-electron chi connectivity index (χ0n) is 15.1. The molecule has 4 rings (SSSR count). The molecule has 146 valence electrons. The summed E-state index contributed by atoms with van der Waals surface area (Å²) in [5.41, 5.74) is 12.2. The van der Waals surface area contributed by atoms with Crippen molar-refractivity contribution in [2.24, 2.45) is 0 Å². The van der Waals surface area contributed by atoms with Gasteiger partial charge in [-0.2, -0.15) is 0 Å². The molecular weight excluding hydrogens is 436 g/mol. The van der Waals surface area contributed by atoms with Gasteiger partial charge in [0.25, 0.3) is 0 Å². The fourth-order valence-corrected chi connectivity index (χ4v) is 3.51. The molecule has 0 unspecified atom stereocenters. The van der Waals surface area contributed by atoms with E-state index in [-0.39, 0.29) is 16.8 Å². The minimum Gasteiger partial charge on any atom is -0.478 e. The van der Waals surface area contributed by atoms with E-state index >= 15 is 0 Å². The molecule has 0 saturated carbocycles. The first-order valence-corrected chi connectivity index (χ1v) is 9.30. The average molecular weight is 453 g/mol. The lowest BCUT2D eigenvalue weighted by Crippen LogP contribution is -2.03. The Morgan fingerprint density at radius 1 is 0.724 bits per heavy atom. The number of benzene rings is 4. The van der Waals surface area contributed by atoms with Crippen molar-refractivity contribution in [3.05, 3.63) is 82.3 Å². The van der Waals surface area contributed by atoms with Crippen molar-refractivity contribution in [1.29, 1.82) is 0 Å². The highest BCUT2D eigenvalue weighted by atomic mass is 79.9. The molecule has 0 spiro atoms. The summed E-state index contributed by atoms with van der Waals surface area (Å²) in [6.07, 6.45) is 0. The molecule has 0 saturated heterocycles. The molecule has 0 radical (unpaired) electrons. The Hall–Kier alpha value is -3.58. The molecule has 6 nitrogen and oxygen atoms in total. The van der Waals surface area contributed by atoms with Crippen molar-refractivity contribution >= 4 is 60.8 Å². The summed E-state index contributed by atoms with van der Waals surface area (Å²) < 4.78 is 0.637. The van der Waals surface area contributed by atoms with Crippen molar-refractivity contribution in [3.8, 4) is 0 Å². The number of aromatic carboxylic acids is 2. The molecule has 0 aromatic heterocycles. The van der Waals surface area contributed by atoms with Gasteiger partial charge in [-0.25, -0.2) is 9.59 Å². The topological polar surface area (TPSA) is 127 Å². The van der Waals surface area contributed by atoms with E-state index in [2.05, 4.69) is 15.9 Å². The van der Waals surface area contributed by atoms with Gasteiger partial charge in [-0.3, -0.25) is 0 Å². The Kier molecular flexibility index (Phi) is 5.70. The number of nitrogen functional groups attached to an aromatic ring is 2. The predicted octanol–water partition coefficient (Wildman–Crippen LogP) is 5.00. The molecule has 0 aliphatic rings. The van der Waals surface area contributed by atoms with Gasteiger partial charge in [0.1, 0.15) is 0 Å². The lowest BCUT2D eigenvalue weighted by atomic mass is 10.1. The van der Waals surface area contributed by atoms with E-state index in [1.54, 1.807) is 18.2 Å². The van der Waals surface area contributed by atoms with Gasteiger partial charge in [0.05, 0.1) is 16.8 Å². The standard InChI is InChI=1S/C11H8BrNO2.C11H9NO2/c12-9-7-4-2-1-3-6(7)5-8(10(9)13)11(14)15;12-10-6-8-4-2-1-3-7(8)5-9(10)11(13)14/h1-5H,13H2,(H,14,15);1-6H,12H2,(H,13,14). The fourth-order valence-electron chi connectivity index (χ4n) is 2.94. The summed E-state index contributed by atoms with van der Waals surface area (Å²) in [5.74, 6) is -2.01. The summed E-state index contributed by atoms with van der Waals surface area (Å²) in [6.45, 7) is 0. The molecule has 7 heteroatoms. The van der Waals surface area contributed by atoms with Crippen LogP contribution >= 0.6 is 15.9 Å². The van der Waals surface area contributed by atoms with Crippen LogP contribution in [0.1, 0.15) is 20.7 Å². The zero-order valence-corrected chi connectivity index (χ0v) is 16.7. The van der Waals surface area contributed by atoms with Crippen molar-refractivity contribution in [2.75, 3.05) is 11.5 Å². The molecule has 0 aliphatic heterocycles. The second-order valence-corrected chi connectivity index (χ2v) is 7.06. The summed E-state index contributed by atoms with van der Waals surface area (Å²) in [6, 6.07) is 19.9. The van der Waals surface area contributed by atoms with E-state index in [0.29, 0.717) is 10.2 Å². The molecule has 29 heavy (non-hydrogen) atoms. The number of rotatable bonds is 2. The largest absolute Gasteiger partial charge is 0.478 e. The lowest BCUT2D eigenvalue weighted by Gasteiger charge is -2.07. The molecule has 0 heterocycles. The van der Waals surface area contributed by atoms with Crippen LogP contribution in [0.2, 0.25) is 0 Å². The van der Waals surface area contributed by atoms with Crippen LogP contribution in [-0.2, 0) is 0 Å². The molecule has 4 aromatic rings. The normalized spacial score (nSPS) is 10.4. The summed E-state index contributed by atoms with van der Waals surface area (Å²) >= 11 is 3.31. The molecule has 4 aromatic carbocycles. The summed E-state index contributed by atoms with van der Waals surface area (Å²) in [7, 11) is 0. The van der Waals surface area contributed by atoms with Crippen LogP contribution < -0.4 is 11.5 Å². The summed E-state index contributed by atoms with van der Waals surface area (Å²) in [5, 5.41) is 21.4. The number of nitrogens with two attached hydrogens (primary N) is 2. The van der Waals surface area contributed by atoms with E-state index in [1.807, 2.05) is 48.5 Å². The first-order chi connectivity index (χ1) is 13.8.